The second kappa shape index (κ2) is 10.6. The molecule has 0 unspecified atom stereocenters. The average Bonchev–Trinajstić information content (AvgIpc) is 3.31. The second-order valence-corrected chi connectivity index (χ2v) is 6.70. The minimum atomic E-state index is 0. The van der Waals surface area contributed by atoms with E-state index >= 15 is 0 Å². The first-order valence-electron chi connectivity index (χ1n) is 9.91. The van der Waals surface area contributed by atoms with Crippen LogP contribution in [0.15, 0.2) is 30.5 Å². The summed E-state index contributed by atoms with van der Waals surface area (Å²) in [5, 5.41) is 13.7. The summed E-state index contributed by atoms with van der Waals surface area (Å²) in [6, 6.07) is 9.46. The van der Waals surface area contributed by atoms with Gasteiger partial charge in [0, 0.05) is 24.8 Å². The molecule has 0 fully saturated rings. The molecule has 3 aromatic rings. The van der Waals surface area contributed by atoms with E-state index in [1.165, 1.54) is 6.20 Å². The Balaban J connectivity index is 0.00000306. The molecule has 4 rings (SSSR count). The smallest absolute Gasteiger partial charge is 0.231 e. The average molecular weight is 468 g/mol. The molecule has 0 saturated heterocycles. The van der Waals surface area contributed by atoms with Gasteiger partial charge in [-0.3, -0.25) is 4.98 Å². The Morgan fingerprint density at radius 1 is 1.12 bits per heavy atom. The van der Waals surface area contributed by atoms with Gasteiger partial charge in [0.1, 0.15) is 12.7 Å². The molecule has 1 aromatic heterocycles. The zero-order chi connectivity index (χ0) is 22.5. The fraction of sp³-hybridized carbons (Fsp3) is 0.250. The number of hydrogen-bond acceptors (Lipinski definition) is 8. The van der Waals surface area contributed by atoms with Gasteiger partial charge in [-0.1, -0.05) is 11.8 Å². The molecule has 0 saturated carbocycles. The number of rotatable bonds is 6. The van der Waals surface area contributed by atoms with Gasteiger partial charge < -0.3 is 29.0 Å². The Morgan fingerprint density at radius 2 is 1.94 bits per heavy atom. The standard InChI is InChI=1S/C24H21N3O5.ClH/c1-4-30-21-11-19-17(10-20(21)29-3)22(16(12-25)13-26-19)27-18-8-7-15(6-5-9-28-2)23-24(18)32-14-31-23;/h7-8,10-11,13H,4,9,14H2,1-3H3,(H,26,27);1H. The summed E-state index contributed by atoms with van der Waals surface area (Å²) >= 11 is 0. The molecule has 0 atom stereocenters. The molecule has 8 nitrogen and oxygen atoms in total. The molecule has 1 aliphatic heterocycles. The van der Waals surface area contributed by atoms with E-state index < -0.39 is 0 Å². The quantitative estimate of drug-likeness (QED) is 0.533. The van der Waals surface area contributed by atoms with Crippen LogP contribution in [0.2, 0.25) is 0 Å². The fourth-order valence-electron chi connectivity index (χ4n) is 3.38. The van der Waals surface area contributed by atoms with Crippen molar-refractivity contribution in [2.45, 2.75) is 6.92 Å². The number of aromatic nitrogens is 1. The van der Waals surface area contributed by atoms with Gasteiger partial charge in [0.05, 0.1) is 41.7 Å². The number of pyridine rings is 1. The van der Waals surface area contributed by atoms with Gasteiger partial charge >= 0.3 is 0 Å². The van der Waals surface area contributed by atoms with E-state index in [4.69, 9.17) is 23.7 Å². The molecule has 33 heavy (non-hydrogen) atoms. The number of hydrogen-bond donors (Lipinski definition) is 1. The van der Waals surface area contributed by atoms with Gasteiger partial charge in [0.2, 0.25) is 6.79 Å². The molecule has 0 bridgehead atoms. The van der Waals surface area contributed by atoms with E-state index in [0.717, 1.165) is 0 Å². The molecule has 0 amide bonds. The highest BCUT2D eigenvalue weighted by molar-refractivity contribution is 5.98. The minimum Gasteiger partial charge on any atom is -0.493 e. The number of methoxy groups -OCH3 is 2. The Bertz CT molecular complexity index is 1280. The van der Waals surface area contributed by atoms with Crippen LogP contribution < -0.4 is 24.3 Å². The number of halogens is 1. The van der Waals surface area contributed by atoms with Crippen molar-refractivity contribution in [2.75, 3.05) is 39.5 Å². The van der Waals surface area contributed by atoms with Crippen molar-refractivity contribution >= 4 is 34.7 Å². The number of ether oxygens (including phenoxy) is 5. The third-order valence-electron chi connectivity index (χ3n) is 4.79. The molecular formula is C24H22ClN3O5. The number of benzene rings is 2. The summed E-state index contributed by atoms with van der Waals surface area (Å²) in [5.41, 5.74) is 2.96. The van der Waals surface area contributed by atoms with E-state index in [1.807, 2.05) is 19.1 Å². The van der Waals surface area contributed by atoms with Crippen molar-refractivity contribution in [2.24, 2.45) is 0 Å². The number of nitrogens with one attached hydrogen (secondary N) is 1. The SMILES string of the molecule is CCOc1cc2ncc(C#N)c(Nc3ccc(C#CCOC)c4c3OCO4)c2cc1OC.Cl. The molecule has 9 heteroatoms. The molecule has 0 spiro atoms. The van der Waals surface area contributed by atoms with Gasteiger partial charge in [0.15, 0.2) is 23.0 Å². The lowest BCUT2D eigenvalue weighted by molar-refractivity contribution is 0.174. The topological polar surface area (TPSA) is 94.9 Å². The summed E-state index contributed by atoms with van der Waals surface area (Å²) in [4.78, 5) is 4.42. The zero-order valence-corrected chi connectivity index (χ0v) is 19.2. The van der Waals surface area contributed by atoms with Crippen LogP contribution in [-0.4, -0.2) is 39.2 Å². The highest BCUT2D eigenvalue weighted by Crippen LogP contribution is 2.44. The van der Waals surface area contributed by atoms with Crippen LogP contribution in [-0.2, 0) is 4.74 Å². The van der Waals surface area contributed by atoms with E-state index in [-0.39, 0.29) is 19.2 Å². The summed E-state index contributed by atoms with van der Waals surface area (Å²) in [6.45, 7) is 2.79. The first kappa shape index (κ1) is 23.8. The van der Waals surface area contributed by atoms with Crippen LogP contribution in [0, 0.1) is 23.2 Å². The zero-order valence-electron chi connectivity index (χ0n) is 18.4. The highest BCUT2D eigenvalue weighted by Gasteiger charge is 2.23. The van der Waals surface area contributed by atoms with Crippen LogP contribution in [0.3, 0.4) is 0 Å². The number of anilines is 2. The third-order valence-corrected chi connectivity index (χ3v) is 4.79. The minimum absolute atomic E-state index is 0. The molecule has 1 N–H and O–H groups in total. The van der Waals surface area contributed by atoms with Crippen LogP contribution in [0.5, 0.6) is 23.0 Å². The van der Waals surface area contributed by atoms with Gasteiger partial charge in [-0.15, -0.1) is 12.4 Å². The molecule has 2 aromatic carbocycles. The molecular weight excluding hydrogens is 446 g/mol. The normalized spacial score (nSPS) is 11.1. The number of nitriles is 1. The molecule has 0 radical (unpaired) electrons. The van der Waals surface area contributed by atoms with Gasteiger partial charge in [-0.2, -0.15) is 5.26 Å². The van der Waals surface area contributed by atoms with Gasteiger partial charge in [0.25, 0.3) is 0 Å². The summed E-state index contributed by atoms with van der Waals surface area (Å²) in [5.74, 6) is 8.15. The Kier molecular flexibility index (Phi) is 7.68. The summed E-state index contributed by atoms with van der Waals surface area (Å²) in [6.07, 6.45) is 1.52. The van der Waals surface area contributed by atoms with Crippen molar-refractivity contribution in [3.8, 4) is 40.9 Å². The largest absolute Gasteiger partial charge is 0.493 e. The second-order valence-electron chi connectivity index (χ2n) is 6.70. The fourth-order valence-corrected chi connectivity index (χ4v) is 3.38. The van der Waals surface area contributed by atoms with Gasteiger partial charge in [-0.25, -0.2) is 0 Å². The molecule has 2 heterocycles. The lowest BCUT2D eigenvalue weighted by Gasteiger charge is -2.16. The maximum atomic E-state index is 9.71. The predicted octanol–water partition coefficient (Wildman–Crippen LogP) is 4.41. The maximum Gasteiger partial charge on any atom is 0.231 e. The van der Waals surface area contributed by atoms with E-state index in [1.54, 1.807) is 26.4 Å². The van der Waals surface area contributed by atoms with Crippen molar-refractivity contribution in [1.82, 2.24) is 4.98 Å². The first-order valence-corrected chi connectivity index (χ1v) is 9.91. The summed E-state index contributed by atoms with van der Waals surface area (Å²) < 4.78 is 27.5. The Labute approximate surface area is 197 Å². The number of nitrogens with zero attached hydrogens (tertiary/aromatic N) is 2. The number of fused-ring (bicyclic) bond motifs is 2. The maximum absolute atomic E-state index is 9.71. The highest BCUT2D eigenvalue weighted by atomic mass is 35.5. The monoisotopic (exact) mass is 467 g/mol. The summed E-state index contributed by atoms with van der Waals surface area (Å²) in [7, 11) is 3.16. The van der Waals surface area contributed by atoms with Crippen molar-refractivity contribution in [1.29, 1.82) is 5.26 Å². The lowest BCUT2D eigenvalue weighted by Crippen LogP contribution is -2.01. The Hall–Kier alpha value is -3.85. The molecule has 0 aliphatic carbocycles. The lowest BCUT2D eigenvalue weighted by atomic mass is 10.1. The predicted molar refractivity (Wildman–Crippen MR) is 126 cm³/mol. The molecule has 170 valence electrons. The van der Waals surface area contributed by atoms with E-state index in [0.29, 0.717) is 69.6 Å². The van der Waals surface area contributed by atoms with Crippen LogP contribution >= 0.6 is 12.4 Å². The van der Waals surface area contributed by atoms with Crippen LogP contribution in [0.4, 0.5) is 11.4 Å². The third kappa shape index (κ3) is 4.68. The van der Waals surface area contributed by atoms with Crippen LogP contribution in [0.25, 0.3) is 10.9 Å². The van der Waals surface area contributed by atoms with E-state index in [9.17, 15) is 5.26 Å². The van der Waals surface area contributed by atoms with E-state index in [2.05, 4.69) is 28.2 Å². The first-order chi connectivity index (χ1) is 15.7. The van der Waals surface area contributed by atoms with Gasteiger partial charge in [-0.05, 0) is 25.1 Å². The molecule has 1 aliphatic rings. The van der Waals surface area contributed by atoms with Crippen molar-refractivity contribution in [3.05, 3.63) is 41.6 Å². The van der Waals surface area contributed by atoms with Crippen molar-refractivity contribution < 1.29 is 23.7 Å². The Morgan fingerprint density at radius 3 is 2.67 bits per heavy atom. The van der Waals surface area contributed by atoms with Crippen molar-refractivity contribution in [3.63, 3.8) is 0 Å². The van der Waals surface area contributed by atoms with Crippen LogP contribution in [0.1, 0.15) is 18.1 Å².